The standard InChI is InChI=1S/C19H16N4OS/c24-18-16(13-6-2-1-3-7-13)22-23-17(20-18)14-8-4-5-9-15(14)21-19(23)10-11-25-12-19/h1-9,21H,10-12H2/t19-/m1/s1. The number of thioether (sulfide) groups is 1. The maximum Gasteiger partial charge on any atom is 0.300 e. The Labute approximate surface area is 149 Å². The molecule has 1 spiro atoms. The van der Waals surface area contributed by atoms with Crippen molar-refractivity contribution in [2.75, 3.05) is 16.8 Å². The number of anilines is 1. The van der Waals surface area contributed by atoms with Crippen LogP contribution in [0.4, 0.5) is 5.69 Å². The van der Waals surface area contributed by atoms with Gasteiger partial charge in [-0.2, -0.15) is 21.8 Å². The Balaban J connectivity index is 1.80. The van der Waals surface area contributed by atoms with Crippen LogP contribution in [0.1, 0.15) is 6.42 Å². The van der Waals surface area contributed by atoms with Crippen molar-refractivity contribution in [3.05, 3.63) is 65.0 Å². The van der Waals surface area contributed by atoms with Gasteiger partial charge in [-0.15, -0.1) is 0 Å². The van der Waals surface area contributed by atoms with E-state index in [1.807, 2.05) is 71.0 Å². The van der Waals surface area contributed by atoms with Gasteiger partial charge in [0, 0.05) is 29.0 Å². The summed E-state index contributed by atoms with van der Waals surface area (Å²) in [4.78, 5) is 17.1. The molecule has 0 amide bonds. The zero-order chi connectivity index (χ0) is 16.9. The second-order valence-electron chi connectivity index (χ2n) is 6.37. The minimum Gasteiger partial charge on any atom is -0.360 e. The van der Waals surface area contributed by atoms with Gasteiger partial charge in [-0.05, 0) is 17.9 Å². The van der Waals surface area contributed by atoms with Crippen LogP contribution in [-0.2, 0) is 5.66 Å². The SMILES string of the molecule is O=c1nc2n(nc1-c1ccccc1)[C@@]1(CCSC1)Nc1ccccc1-2. The van der Waals surface area contributed by atoms with Gasteiger partial charge in [0.1, 0.15) is 5.66 Å². The Morgan fingerprint density at radius 2 is 1.88 bits per heavy atom. The predicted molar refractivity (Wildman–Crippen MR) is 101 cm³/mol. The molecule has 1 atom stereocenters. The van der Waals surface area contributed by atoms with Gasteiger partial charge in [0.15, 0.2) is 11.5 Å². The van der Waals surface area contributed by atoms with E-state index in [2.05, 4.69) is 10.3 Å². The lowest BCUT2D eigenvalue weighted by Crippen LogP contribution is -2.47. The van der Waals surface area contributed by atoms with Gasteiger partial charge < -0.3 is 5.32 Å². The fourth-order valence-electron chi connectivity index (χ4n) is 3.55. The molecule has 25 heavy (non-hydrogen) atoms. The third kappa shape index (κ3) is 2.21. The first kappa shape index (κ1) is 14.7. The van der Waals surface area contributed by atoms with Gasteiger partial charge in [-0.25, -0.2) is 4.68 Å². The number of benzene rings is 2. The molecule has 0 aliphatic carbocycles. The summed E-state index contributed by atoms with van der Waals surface area (Å²) in [5.41, 5.74) is 2.55. The van der Waals surface area contributed by atoms with Crippen LogP contribution in [0.2, 0.25) is 0 Å². The van der Waals surface area contributed by atoms with Gasteiger partial charge in [-0.1, -0.05) is 42.5 Å². The first-order valence-corrected chi connectivity index (χ1v) is 9.45. The summed E-state index contributed by atoms with van der Waals surface area (Å²) >= 11 is 1.89. The molecule has 0 radical (unpaired) electrons. The highest BCUT2D eigenvalue weighted by molar-refractivity contribution is 7.99. The highest BCUT2D eigenvalue weighted by Crippen LogP contribution is 2.43. The number of hydrogen-bond donors (Lipinski definition) is 1. The summed E-state index contributed by atoms with van der Waals surface area (Å²) < 4.78 is 1.94. The minimum absolute atomic E-state index is 0.282. The fraction of sp³-hybridized carbons (Fsp3) is 0.211. The molecule has 5 nitrogen and oxygen atoms in total. The molecule has 0 saturated carbocycles. The molecule has 2 aromatic carbocycles. The van der Waals surface area contributed by atoms with E-state index in [0.717, 1.165) is 34.7 Å². The van der Waals surface area contributed by atoms with E-state index < -0.39 is 0 Å². The third-order valence-electron chi connectivity index (χ3n) is 4.80. The summed E-state index contributed by atoms with van der Waals surface area (Å²) in [5, 5.41) is 8.45. The van der Waals surface area contributed by atoms with Gasteiger partial charge in [0.2, 0.25) is 0 Å². The van der Waals surface area contributed by atoms with Crippen LogP contribution in [-0.4, -0.2) is 26.3 Å². The van der Waals surface area contributed by atoms with Crippen LogP contribution in [0.15, 0.2) is 59.4 Å². The van der Waals surface area contributed by atoms with Crippen molar-refractivity contribution >= 4 is 17.4 Å². The zero-order valence-electron chi connectivity index (χ0n) is 13.5. The molecule has 5 rings (SSSR count). The largest absolute Gasteiger partial charge is 0.360 e. The van der Waals surface area contributed by atoms with Gasteiger partial charge >= 0.3 is 0 Å². The maximum atomic E-state index is 12.7. The van der Waals surface area contributed by atoms with Crippen molar-refractivity contribution in [1.29, 1.82) is 0 Å². The first-order valence-electron chi connectivity index (χ1n) is 8.29. The van der Waals surface area contributed by atoms with Crippen molar-refractivity contribution in [3.63, 3.8) is 0 Å². The van der Waals surface area contributed by atoms with E-state index in [1.165, 1.54) is 0 Å². The molecule has 1 aromatic heterocycles. The molecule has 2 aliphatic heterocycles. The van der Waals surface area contributed by atoms with E-state index >= 15 is 0 Å². The quantitative estimate of drug-likeness (QED) is 0.732. The summed E-state index contributed by atoms with van der Waals surface area (Å²) in [7, 11) is 0. The summed E-state index contributed by atoms with van der Waals surface area (Å²) in [6.07, 6.45) is 0.949. The maximum absolute atomic E-state index is 12.7. The number of fused-ring (bicyclic) bond motifs is 4. The molecule has 1 fully saturated rings. The molecule has 1 saturated heterocycles. The molecule has 1 N–H and O–H groups in total. The monoisotopic (exact) mass is 348 g/mol. The second kappa shape index (κ2) is 5.46. The summed E-state index contributed by atoms with van der Waals surface area (Å²) in [6, 6.07) is 17.5. The number of rotatable bonds is 1. The molecule has 3 aromatic rings. The number of nitrogens with zero attached hydrogens (tertiary/aromatic N) is 3. The lowest BCUT2D eigenvalue weighted by atomic mass is 10.0. The lowest BCUT2D eigenvalue weighted by molar-refractivity contribution is 0.333. The van der Waals surface area contributed by atoms with Crippen LogP contribution >= 0.6 is 11.8 Å². The number of nitrogens with one attached hydrogen (secondary N) is 1. The Hall–Kier alpha value is -2.60. The van der Waals surface area contributed by atoms with Crippen molar-refractivity contribution in [2.45, 2.75) is 12.1 Å². The van der Waals surface area contributed by atoms with Crippen molar-refractivity contribution < 1.29 is 0 Å². The molecular formula is C19H16N4OS. The first-order chi connectivity index (χ1) is 12.3. The van der Waals surface area contributed by atoms with Gasteiger partial charge in [0.25, 0.3) is 5.56 Å². The summed E-state index contributed by atoms with van der Waals surface area (Å²) in [6.45, 7) is 0. The number of aromatic nitrogens is 3. The van der Waals surface area contributed by atoms with Crippen LogP contribution in [0.3, 0.4) is 0 Å². The van der Waals surface area contributed by atoms with E-state index in [1.54, 1.807) is 0 Å². The molecule has 2 aliphatic rings. The van der Waals surface area contributed by atoms with Crippen LogP contribution < -0.4 is 10.9 Å². The van der Waals surface area contributed by atoms with Crippen molar-refractivity contribution in [3.8, 4) is 22.6 Å². The van der Waals surface area contributed by atoms with E-state index in [-0.39, 0.29) is 11.2 Å². The number of para-hydroxylation sites is 1. The average molecular weight is 348 g/mol. The minimum atomic E-state index is -0.321. The third-order valence-corrected chi connectivity index (χ3v) is 5.97. The Morgan fingerprint density at radius 1 is 1.08 bits per heavy atom. The number of hydrogen-bond acceptors (Lipinski definition) is 5. The van der Waals surface area contributed by atoms with Crippen molar-refractivity contribution in [1.82, 2.24) is 14.8 Å². The van der Waals surface area contributed by atoms with E-state index in [9.17, 15) is 4.79 Å². The molecule has 0 unspecified atom stereocenters. The average Bonchev–Trinajstić information content (AvgIpc) is 3.11. The fourth-order valence-corrected chi connectivity index (χ4v) is 4.85. The molecule has 0 bridgehead atoms. The molecule has 6 heteroatoms. The Morgan fingerprint density at radius 3 is 2.68 bits per heavy atom. The van der Waals surface area contributed by atoms with Gasteiger partial charge in [0.05, 0.1) is 0 Å². The normalized spacial score (nSPS) is 20.8. The smallest absolute Gasteiger partial charge is 0.300 e. The highest BCUT2D eigenvalue weighted by atomic mass is 32.2. The molecular weight excluding hydrogens is 332 g/mol. The van der Waals surface area contributed by atoms with E-state index in [4.69, 9.17) is 5.10 Å². The highest BCUT2D eigenvalue weighted by Gasteiger charge is 2.42. The van der Waals surface area contributed by atoms with Gasteiger partial charge in [-0.3, -0.25) is 4.79 Å². The van der Waals surface area contributed by atoms with Crippen LogP contribution in [0, 0.1) is 0 Å². The Bertz CT molecular complexity index is 1010. The molecule has 3 heterocycles. The molecule has 124 valence electrons. The second-order valence-corrected chi connectivity index (χ2v) is 7.48. The predicted octanol–water partition coefficient (Wildman–Crippen LogP) is 3.19. The van der Waals surface area contributed by atoms with Crippen molar-refractivity contribution in [2.24, 2.45) is 0 Å². The lowest BCUT2D eigenvalue weighted by Gasteiger charge is -2.38. The van der Waals surface area contributed by atoms with Crippen LogP contribution in [0.25, 0.3) is 22.6 Å². The zero-order valence-corrected chi connectivity index (χ0v) is 14.3. The van der Waals surface area contributed by atoms with Crippen LogP contribution in [0.5, 0.6) is 0 Å². The Kier molecular flexibility index (Phi) is 3.21. The van der Waals surface area contributed by atoms with E-state index in [0.29, 0.717) is 11.5 Å². The summed E-state index contributed by atoms with van der Waals surface area (Å²) in [5.74, 6) is 2.62. The topological polar surface area (TPSA) is 59.8 Å².